The van der Waals surface area contributed by atoms with Crippen LogP contribution in [0.15, 0.2) is 48.0 Å². The van der Waals surface area contributed by atoms with E-state index in [1.165, 1.54) is 6.20 Å². The molecule has 0 radical (unpaired) electrons. The minimum Gasteiger partial charge on any atom is -0.495 e. The SMILES string of the molecule is C=CN1C(=O)C(C)N(C2CCOCC2)c2nc(Nc3cc(S(=O)(=O)CCC4CCOCC4)ccc3OC)ccc21. The van der Waals surface area contributed by atoms with Gasteiger partial charge in [-0.25, -0.2) is 13.4 Å². The van der Waals surface area contributed by atoms with E-state index in [-0.39, 0.29) is 22.6 Å². The fraction of sp³-hybridized carbons (Fsp3) is 0.517. The molecule has 0 aliphatic carbocycles. The normalized spacial score (nSPS) is 20.8. The molecule has 0 bridgehead atoms. The summed E-state index contributed by atoms with van der Waals surface area (Å²) in [5, 5.41) is 3.28. The average molecular weight is 571 g/mol. The van der Waals surface area contributed by atoms with Crippen LogP contribution in [0.2, 0.25) is 0 Å². The zero-order valence-electron chi connectivity index (χ0n) is 23.2. The van der Waals surface area contributed by atoms with Crippen molar-refractivity contribution in [2.24, 2.45) is 5.92 Å². The first-order valence-electron chi connectivity index (χ1n) is 13.9. The second-order valence-electron chi connectivity index (χ2n) is 10.5. The molecule has 10 nitrogen and oxygen atoms in total. The minimum absolute atomic E-state index is 0.0585. The van der Waals surface area contributed by atoms with Crippen molar-refractivity contribution < 1.29 is 27.4 Å². The summed E-state index contributed by atoms with van der Waals surface area (Å²) in [6.07, 6.45) is 5.52. The van der Waals surface area contributed by atoms with E-state index in [9.17, 15) is 13.2 Å². The highest BCUT2D eigenvalue weighted by molar-refractivity contribution is 7.91. The van der Waals surface area contributed by atoms with Crippen molar-refractivity contribution in [2.75, 3.05) is 54.4 Å². The first-order chi connectivity index (χ1) is 19.3. The quantitative estimate of drug-likeness (QED) is 0.472. The van der Waals surface area contributed by atoms with Crippen LogP contribution < -0.4 is 19.9 Å². The van der Waals surface area contributed by atoms with Gasteiger partial charge < -0.3 is 24.4 Å². The number of hydrogen-bond acceptors (Lipinski definition) is 9. The molecule has 0 saturated carbocycles. The van der Waals surface area contributed by atoms with Crippen molar-refractivity contribution in [3.8, 4) is 5.75 Å². The molecule has 1 atom stereocenters. The van der Waals surface area contributed by atoms with Crippen molar-refractivity contribution in [3.63, 3.8) is 0 Å². The van der Waals surface area contributed by atoms with Gasteiger partial charge in [0.15, 0.2) is 15.7 Å². The van der Waals surface area contributed by atoms with Crippen molar-refractivity contribution in [1.29, 1.82) is 0 Å². The van der Waals surface area contributed by atoms with E-state index in [2.05, 4.69) is 16.8 Å². The van der Waals surface area contributed by atoms with E-state index < -0.39 is 15.9 Å². The van der Waals surface area contributed by atoms with Gasteiger partial charge in [0.2, 0.25) is 0 Å². The molecule has 1 amide bonds. The third-order valence-corrected chi connectivity index (χ3v) is 9.81. The number of amides is 1. The molecule has 2 fully saturated rings. The Labute approximate surface area is 236 Å². The first kappa shape index (κ1) is 28.4. The zero-order chi connectivity index (χ0) is 28.3. The van der Waals surface area contributed by atoms with Crippen LogP contribution in [0, 0.1) is 5.92 Å². The Bertz CT molecular complexity index is 1340. The fourth-order valence-corrected chi connectivity index (χ4v) is 7.19. The molecule has 216 valence electrons. The van der Waals surface area contributed by atoms with Crippen LogP contribution in [0.3, 0.4) is 0 Å². The predicted octanol–water partition coefficient (Wildman–Crippen LogP) is 4.29. The number of pyridine rings is 1. The second-order valence-corrected chi connectivity index (χ2v) is 12.6. The molecule has 1 N–H and O–H groups in total. The van der Waals surface area contributed by atoms with Gasteiger partial charge in [0.1, 0.15) is 17.6 Å². The number of benzene rings is 1. The monoisotopic (exact) mass is 570 g/mol. The topological polar surface area (TPSA) is 110 Å². The Balaban J connectivity index is 1.44. The highest BCUT2D eigenvalue weighted by atomic mass is 32.2. The Morgan fingerprint density at radius 2 is 1.80 bits per heavy atom. The molecule has 1 aromatic heterocycles. The molecular weight excluding hydrogens is 532 g/mol. The van der Waals surface area contributed by atoms with E-state index in [4.69, 9.17) is 19.2 Å². The molecule has 2 saturated heterocycles. The largest absolute Gasteiger partial charge is 0.495 e. The van der Waals surface area contributed by atoms with Gasteiger partial charge in [-0.15, -0.1) is 0 Å². The van der Waals surface area contributed by atoms with E-state index in [0.29, 0.717) is 67.5 Å². The maximum absolute atomic E-state index is 13.2. The Morgan fingerprint density at radius 3 is 2.48 bits per heavy atom. The van der Waals surface area contributed by atoms with Crippen LogP contribution in [0.25, 0.3) is 0 Å². The minimum atomic E-state index is -3.49. The number of nitrogens with zero attached hydrogens (tertiary/aromatic N) is 3. The lowest BCUT2D eigenvalue weighted by Gasteiger charge is -2.44. The number of methoxy groups -OCH3 is 1. The molecule has 2 aromatic rings. The number of rotatable bonds is 9. The first-order valence-corrected chi connectivity index (χ1v) is 15.6. The summed E-state index contributed by atoms with van der Waals surface area (Å²) in [6.45, 7) is 8.38. The summed E-state index contributed by atoms with van der Waals surface area (Å²) in [4.78, 5) is 22.0. The standard InChI is InChI=1S/C29H38N4O6S/c1-4-32-25-6-8-27(31-28(25)33(20(2)29(32)34)22-11-16-39-17-12-22)30-24-19-23(5-7-26(24)37-3)40(35,36)18-13-21-9-14-38-15-10-21/h4-8,19-22H,1,9-18H2,2-3H3,(H,30,31). The van der Waals surface area contributed by atoms with Gasteiger partial charge in [-0.3, -0.25) is 9.69 Å². The number of ether oxygens (including phenoxy) is 3. The highest BCUT2D eigenvalue weighted by Gasteiger charge is 2.39. The molecule has 3 aliphatic heterocycles. The van der Waals surface area contributed by atoms with Crippen molar-refractivity contribution >= 4 is 38.8 Å². The summed E-state index contributed by atoms with van der Waals surface area (Å²) < 4.78 is 43.0. The van der Waals surface area contributed by atoms with Gasteiger partial charge in [-0.05, 0) is 75.3 Å². The lowest BCUT2D eigenvalue weighted by atomic mass is 9.98. The Hall–Kier alpha value is -3.15. The summed E-state index contributed by atoms with van der Waals surface area (Å²) in [5.41, 5.74) is 1.16. The summed E-state index contributed by atoms with van der Waals surface area (Å²) in [6, 6.07) is 8.16. The van der Waals surface area contributed by atoms with Crippen LogP contribution in [0.1, 0.15) is 39.0 Å². The predicted molar refractivity (Wildman–Crippen MR) is 154 cm³/mol. The Kier molecular flexibility index (Phi) is 8.62. The molecule has 11 heteroatoms. The molecule has 3 aliphatic rings. The van der Waals surface area contributed by atoms with Crippen molar-refractivity contribution in [1.82, 2.24) is 4.98 Å². The third kappa shape index (κ3) is 5.82. The fourth-order valence-electron chi connectivity index (χ4n) is 5.74. The van der Waals surface area contributed by atoms with Crippen LogP contribution in [0.4, 0.5) is 23.0 Å². The van der Waals surface area contributed by atoms with Crippen LogP contribution in [-0.2, 0) is 24.1 Å². The number of fused-ring (bicyclic) bond motifs is 1. The summed E-state index contributed by atoms with van der Waals surface area (Å²) >= 11 is 0. The number of carbonyl (C=O) groups is 1. The molecule has 1 unspecified atom stereocenters. The van der Waals surface area contributed by atoms with Gasteiger partial charge in [0.25, 0.3) is 5.91 Å². The third-order valence-electron chi connectivity index (χ3n) is 8.07. The molecule has 0 spiro atoms. The average Bonchev–Trinajstić information content (AvgIpc) is 2.98. The van der Waals surface area contributed by atoms with E-state index >= 15 is 0 Å². The van der Waals surface area contributed by atoms with Crippen molar-refractivity contribution in [2.45, 2.75) is 56.0 Å². The number of carbonyl (C=O) groups excluding carboxylic acids is 1. The number of anilines is 4. The van der Waals surface area contributed by atoms with Gasteiger partial charge in [0, 0.05) is 38.7 Å². The second kappa shape index (κ2) is 12.2. The van der Waals surface area contributed by atoms with Gasteiger partial charge in [0.05, 0.1) is 29.1 Å². The molecule has 1 aromatic carbocycles. The van der Waals surface area contributed by atoms with E-state index in [0.717, 1.165) is 25.7 Å². The lowest BCUT2D eigenvalue weighted by molar-refractivity contribution is -0.119. The van der Waals surface area contributed by atoms with Gasteiger partial charge in [-0.2, -0.15) is 0 Å². The smallest absolute Gasteiger partial charge is 0.253 e. The zero-order valence-corrected chi connectivity index (χ0v) is 24.0. The van der Waals surface area contributed by atoms with Crippen LogP contribution >= 0.6 is 0 Å². The molecule has 5 rings (SSSR count). The number of hydrogen-bond donors (Lipinski definition) is 1. The maximum Gasteiger partial charge on any atom is 0.253 e. The number of aromatic nitrogens is 1. The highest BCUT2D eigenvalue weighted by Crippen LogP contribution is 2.40. The maximum atomic E-state index is 13.2. The van der Waals surface area contributed by atoms with Gasteiger partial charge >= 0.3 is 0 Å². The van der Waals surface area contributed by atoms with Crippen LogP contribution in [-0.4, -0.2) is 70.7 Å². The van der Waals surface area contributed by atoms with Gasteiger partial charge in [-0.1, -0.05) is 6.58 Å². The molecule has 4 heterocycles. The summed E-state index contributed by atoms with van der Waals surface area (Å²) in [7, 11) is -1.95. The molecule has 40 heavy (non-hydrogen) atoms. The number of nitrogens with one attached hydrogen (secondary N) is 1. The lowest BCUT2D eigenvalue weighted by Crippen LogP contribution is -2.55. The Morgan fingerprint density at radius 1 is 1.10 bits per heavy atom. The van der Waals surface area contributed by atoms with E-state index in [1.54, 1.807) is 36.3 Å². The summed E-state index contributed by atoms with van der Waals surface area (Å²) in [5.74, 6) is 2.07. The molecular formula is C29H38N4O6S. The van der Waals surface area contributed by atoms with Crippen molar-refractivity contribution in [3.05, 3.63) is 43.1 Å². The number of sulfone groups is 1. The van der Waals surface area contributed by atoms with E-state index in [1.807, 2.05) is 13.0 Å². The van der Waals surface area contributed by atoms with Crippen LogP contribution in [0.5, 0.6) is 5.75 Å².